The largest absolute Gasteiger partial charge is 0.467 e. The number of nitrogens with zero attached hydrogens (tertiary/aromatic N) is 2. The Kier molecular flexibility index (Phi) is 2.21. The lowest BCUT2D eigenvalue weighted by Crippen LogP contribution is -2.52. The van der Waals surface area contributed by atoms with Gasteiger partial charge in [-0.15, -0.1) is 11.3 Å². The first-order valence-corrected chi connectivity index (χ1v) is 6.35. The Morgan fingerprint density at radius 2 is 2.39 bits per heavy atom. The molecule has 0 saturated carbocycles. The third-order valence-corrected chi connectivity index (χ3v) is 4.84. The molecular formula is C11H12N2O4S. The van der Waals surface area contributed by atoms with Gasteiger partial charge in [0, 0.05) is 4.88 Å². The van der Waals surface area contributed by atoms with E-state index in [-0.39, 0.29) is 0 Å². The van der Waals surface area contributed by atoms with Gasteiger partial charge in [-0.3, -0.25) is 10.1 Å². The standard InChI is InChI=1S/C11H12N2O4S/c1-11(9(14)17-2)8-6(3-4-18-8)7-5-12(11)10(15)13(7)16/h3-4,7,16H,5H2,1-2H3/t7-,11?/m1/s1. The normalized spacial score (nSPS) is 29.5. The third kappa shape index (κ3) is 1.10. The van der Waals surface area contributed by atoms with Crippen LogP contribution in [0.15, 0.2) is 11.4 Å². The molecule has 2 bridgehead atoms. The van der Waals surface area contributed by atoms with Crippen LogP contribution in [-0.2, 0) is 15.1 Å². The van der Waals surface area contributed by atoms with Crippen molar-refractivity contribution in [3.05, 3.63) is 21.9 Å². The maximum absolute atomic E-state index is 12.1. The number of urea groups is 1. The molecule has 96 valence electrons. The summed E-state index contributed by atoms with van der Waals surface area (Å²) in [5, 5.41) is 12.4. The number of hydrogen-bond acceptors (Lipinski definition) is 5. The van der Waals surface area contributed by atoms with Crippen molar-refractivity contribution < 1.29 is 19.5 Å². The number of fused-ring (bicyclic) bond motifs is 4. The smallest absolute Gasteiger partial charge is 0.345 e. The number of carbonyl (C=O) groups is 2. The van der Waals surface area contributed by atoms with Crippen LogP contribution in [0.4, 0.5) is 4.79 Å². The molecule has 1 fully saturated rings. The predicted molar refractivity (Wildman–Crippen MR) is 62.2 cm³/mol. The highest BCUT2D eigenvalue weighted by Crippen LogP contribution is 2.48. The van der Waals surface area contributed by atoms with Crippen LogP contribution in [0.2, 0.25) is 0 Å². The molecule has 3 rings (SSSR count). The number of hydroxylamine groups is 2. The average Bonchev–Trinajstić information content (AvgIpc) is 2.94. The molecule has 2 atom stereocenters. The SMILES string of the molecule is COC(=O)C1(C)c2sccc2[C@H]2CN1C(=O)N2O. The van der Waals surface area contributed by atoms with Gasteiger partial charge in [-0.2, -0.15) is 5.06 Å². The van der Waals surface area contributed by atoms with Crippen molar-refractivity contribution in [3.63, 3.8) is 0 Å². The molecule has 0 aromatic carbocycles. The summed E-state index contributed by atoms with van der Waals surface area (Å²) >= 11 is 1.40. The second-order valence-corrected chi connectivity index (χ2v) is 5.44. The third-order valence-electron chi connectivity index (χ3n) is 3.70. The number of rotatable bonds is 1. The molecule has 0 aliphatic carbocycles. The monoisotopic (exact) mass is 268 g/mol. The van der Waals surface area contributed by atoms with E-state index >= 15 is 0 Å². The Morgan fingerprint density at radius 3 is 3.06 bits per heavy atom. The van der Waals surface area contributed by atoms with Crippen molar-refractivity contribution in [2.45, 2.75) is 18.5 Å². The number of ether oxygens (including phenoxy) is 1. The molecule has 1 saturated heterocycles. The minimum atomic E-state index is -1.15. The molecule has 0 spiro atoms. The first-order valence-electron chi connectivity index (χ1n) is 5.47. The number of methoxy groups -OCH3 is 1. The minimum Gasteiger partial charge on any atom is -0.467 e. The van der Waals surface area contributed by atoms with Gasteiger partial charge in [-0.1, -0.05) is 0 Å². The first-order chi connectivity index (χ1) is 8.51. The Morgan fingerprint density at radius 1 is 1.67 bits per heavy atom. The maximum atomic E-state index is 12.1. The molecule has 2 aliphatic rings. The van der Waals surface area contributed by atoms with E-state index in [1.807, 2.05) is 11.4 Å². The van der Waals surface area contributed by atoms with Crippen molar-refractivity contribution in [1.29, 1.82) is 0 Å². The van der Waals surface area contributed by atoms with E-state index in [0.717, 1.165) is 10.4 Å². The van der Waals surface area contributed by atoms with Gasteiger partial charge in [0.25, 0.3) is 0 Å². The van der Waals surface area contributed by atoms with Crippen LogP contribution >= 0.6 is 11.3 Å². The van der Waals surface area contributed by atoms with E-state index in [2.05, 4.69) is 0 Å². The summed E-state index contributed by atoms with van der Waals surface area (Å²) in [4.78, 5) is 26.2. The van der Waals surface area contributed by atoms with Crippen LogP contribution in [0.5, 0.6) is 0 Å². The van der Waals surface area contributed by atoms with Gasteiger partial charge in [0.2, 0.25) is 0 Å². The van der Waals surface area contributed by atoms with Crippen molar-refractivity contribution in [3.8, 4) is 0 Å². The van der Waals surface area contributed by atoms with E-state index in [0.29, 0.717) is 11.6 Å². The van der Waals surface area contributed by atoms with Gasteiger partial charge < -0.3 is 4.74 Å². The van der Waals surface area contributed by atoms with Crippen molar-refractivity contribution in [1.82, 2.24) is 9.96 Å². The van der Waals surface area contributed by atoms with Gasteiger partial charge >= 0.3 is 12.0 Å². The van der Waals surface area contributed by atoms with Crippen LogP contribution in [0.3, 0.4) is 0 Å². The molecular weight excluding hydrogens is 256 g/mol. The summed E-state index contributed by atoms with van der Waals surface area (Å²) in [7, 11) is 1.30. The van der Waals surface area contributed by atoms with Crippen LogP contribution in [0.25, 0.3) is 0 Å². The molecule has 1 aromatic rings. The minimum absolute atomic E-state index is 0.296. The Balaban J connectivity index is 2.23. The van der Waals surface area contributed by atoms with Crippen molar-refractivity contribution >= 4 is 23.3 Å². The summed E-state index contributed by atoms with van der Waals surface area (Å²) in [6.07, 6.45) is 0. The quantitative estimate of drug-likeness (QED) is 0.616. The average molecular weight is 268 g/mol. The second-order valence-electron chi connectivity index (χ2n) is 4.52. The molecule has 6 nitrogen and oxygen atoms in total. The van der Waals surface area contributed by atoms with E-state index in [1.165, 1.54) is 23.3 Å². The van der Waals surface area contributed by atoms with Crippen molar-refractivity contribution in [2.75, 3.05) is 13.7 Å². The highest BCUT2D eigenvalue weighted by Gasteiger charge is 2.58. The first kappa shape index (κ1) is 11.5. The lowest BCUT2D eigenvalue weighted by atomic mass is 9.89. The molecule has 7 heteroatoms. The zero-order chi connectivity index (χ0) is 13.1. The van der Waals surface area contributed by atoms with E-state index < -0.39 is 23.6 Å². The Bertz CT molecular complexity index is 543. The predicted octanol–water partition coefficient (Wildman–Crippen LogP) is 1.32. The lowest BCUT2D eigenvalue weighted by Gasteiger charge is -2.37. The van der Waals surface area contributed by atoms with Crippen LogP contribution < -0.4 is 0 Å². The van der Waals surface area contributed by atoms with Gasteiger partial charge in [0.15, 0.2) is 5.54 Å². The van der Waals surface area contributed by atoms with Gasteiger partial charge in [0.1, 0.15) is 6.04 Å². The Labute approximate surface area is 107 Å². The highest BCUT2D eigenvalue weighted by molar-refractivity contribution is 7.10. The summed E-state index contributed by atoms with van der Waals surface area (Å²) in [6, 6.07) is 0.887. The number of thiophene rings is 1. The van der Waals surface area contributed by atoms with E-state index in [9.17, 15) is 14.8 Å². The molecule has 1 aromatic heterocycles. The Hall–Kier alpha value is -1.60. The lowest BCUT2D eigenvalue weighted by molar-refractivity contribution is -0.153. The summed E-state index contributed by atoms with van der Waals surface area (Å²) in [6.45, 7) is 1.95. The molecule has 18 heavy (non-hydrogen) atoms. The van der Waals surface area contributed by atoms with Crippen LogP contribution in [0.1, 0.15) is 23.4 Å². The summed E-state index contributed by atoms with van der Waals surface area (Å²) < 4.78 is 4.83. The topological polar surface area (TPSA) is 70.1 Å². The van der Waals surface area contributed by atoms with E-state index in [1.54, 1.807) is 6.92 Å². The zero-order valence-corrected chi connectivity index (χ0v) is 10.7. The fraction of sp³-hybridized carbons (Fsp3) is 0.455. The number of hydrogen-bond donors (Lipinski definition) is 1. The fourth-order valence-corrected chi connectivity index (χ4v) is 3.80. The maximum Gasteiger partial charge on any atom is 0.345 e. The number of esters is 1. The summed E-state index contributed by atoms with van der Waals surface area (Å²) in [5.74, 6) is -0.492. The molecule has 1 unspecified atom stereocenters. The van der Waals surface area contributed by atoms with Crippen LogP contribution in [0, 0.1) is 0 Å². The number of carbonyl (C=O) groups excluding carboxylic acids is 2. The van der Waals surface area contributed by atoms with Gasteiger partial charge in [-0.05, 0) is 23.9 Å². The van der Waals surface area contributed by atoms with E-state index in [4.69, 9.17) is 4.74 Å². The summed E-state index contributed by atoms with van der Waals surface area (Å²) in [5.41, 5.74) is -0.332. The van der Waals surface area contributed by atoms with Gasteiger partial charge in [0.05, 0.1) is 13.7 Å². The molecule has 2 amide bonds. The highest BCUT2D eigenvalue weighted by atomic mass is 32.1. The van der Waals surface area contributed by atoms with Gasteiger partial charge in [-0.25, -0.2) is 9.59 Å². The molecule has 2 aliphatic heterocycles. The molecule has 3 heterocycles. The fourth-order valence-electron chi connectivity index (χ4n) is 2.69. The number of amides is 2. The van der Waals surface area contributed by atoms with Crippen molar-refractivity contribution in [2.24, 2.45) is 0 Å². The molecule has 0 radical (unpaired) electrons. The van der Waals surface area contributed by atoms with Crippen LogP contribution in [-0.4, -0.2) is 40.8 Å². The molecule has 1 N–H and O–H groups in total. The zero-order valence-electron chi connectivity index (χ0n) is 9.91. The second kappa shape index (κ2) is 3.46.